The van der Waals surface area contributed by atoms with Gasteiger partial charge in [0, 0.05) is 23.7 Å². The molecule has 0 aliphatic rings. The maximum Gasteiger partial charge on any atom is 0.323 e. The normalized spacial score (nSPS) is 12.0. The molecule has 0 atom stereocenters. The summed E-state index contributed by atoms with van der Waals surface area (Å²) >= 11 is 0. The van der Waals surface area contributed by atoms with Crippen LogP contribution < -0.4 is 14.8 Å². The Labute approximate surface area is 238 Å². The molecule has 1 aromatic heterocycles. The van der Waals surface area contributed by atoms with Gasteiger partial charge in [-0.05, 0) is 57.3 Å². The van der Waals surface area contributed by atoms with Crippen molar-refractivity contribution in [2.24, 2.45) is 10.2 Å². The summed E-state index contributed by atoms with van der Waals surface area (Å²) in [5, 5.41) is 23.5. The third kappa shape index (κ3) is 7.29. The molecule has 0 fully saturated rings. The molecule has 12 heteroatoms. The van der Waals surface area contributed by atoms with Gasteiger partial charge in [0.25, 0.3) is 15.9 Å². The SMILES string of the molecule is C=C(C)CNS(=O)(=O)c1ccnc(Oc2ccccc2N=Nc2c(O)c(C(=O)NC(C)(C)C)cc3ccccc23)n1. The van der Waals surface area contributed by atoms with Crippen LogP contribution in [0, 0.1) is 0 Å². The van der Waals surface area contributed by atoms with Crippen molar-refractivity contribution in [3.63, 3.8) is 0 Å². The van der Waals surface area contributed by atoms with Crippen molar-refractivity contribution in [1.29, 1.82) is 0 Å². The standard InChI is InChI=1S/C29H30N6O5S/c1-18(2)17-31-41(38,39)24-14-15-30-28(32-24)40-23-13-9-8-12-22(23)34-35-25-20-11-7-6-10-19(20)16-21(26(25)36)27(37)33-29(3,4)5/h6-16,31,36H,1,17H2,2-5H3,(H,33,37). The number of phenols is 1. The number of ether oxygens (including phenoxy) is 1. The number of aromatic hydroxyl groups is 1. The zero-order chi connectivity index (χ0) is 29.8. The Kier molecular flexibility index (Phi) is 8.45. The van der Waals surface area contributed by atoms with Crippen molar-refractivity contribution in [3.05, 3.63) is 84.6 Å². The van der Waals surface area contributed by atoms with Gasteiger partial charge in [-0.1, -0.05) is 48.6 Å². The van der Waals surface area contributed by atoms with E-state index >= 15 is 0 Å². The minimum Gasteiger partial charge on any atom is -0.505 e. The van der Waals surface area contributed by atoms with Crippen LogP contribution in [-0.4, -0.2) is 41.5 Å². The molecule has 0 saturated heterocycles. The van der Waals surface area contributed by atoms with Gasteiger partial charge in [-0.2, -0.15) is 4.98 Å². The van der Waals surface area contributed by atoms with Gasteiger partial charge >= 0.3 is 6.01 Å². The number of fused-ring (bicyclic) bond motifs is 1. The Bertz CT molecular complexity index is 1760. The smallest absolute Gasteiger partial charge is 0.323 e. The summed E-state index contributed by atoms with van der Waals surface area (Å²) in [4.78, 5) is 21.0. The van der Waals surface area contributed by atoms with Crippen LogP contribution in [-0.2, 0) is 10.0 Å². The second-order valence-electron chi connectivity index (χ2n) is 10.3. The Morgan fingerprint density at radius 3 is 2.51 bits per heavy atom. The van der Waals surface area contributed by atoms with E-state index in [4.69, 9.17) is 4.74 Å². The largest absolute Gasteiger partial charge is 0.505 e. The van der Waals surface area contributed by atoms with Crippen LogP contribution >= 0.6 is 0 Å². The summed E-state index contributed by atoms with van der Waals surface area (Å²) in [6.07, 6.45) is 1.26. The molecular weight excluding hydrogens is 544 g/mol. The van der Waals surface area contributed by atoms with Gasteiger partial charge in [0.05, 0.1) is 5.56 Å². The number of hydrogen-bond donors (Lipinski definition) is 3. The maximum atomic E-state index is 13.0. The third-order valence-corrected chi connectivity index (χ3v) is 6.80. The van der Waals surface area contributed by atoms with Crippen LogP contribution in [0.15, 0.2) is 94.3 Å². The molecule has 4 aromatic rings. The van der Waals surface area contributed by atoms with Crippen molar-refractivity contribution in [2.75, 3.05) is 6.54 Å². The Morgan fingerprint density at radius 2 is 1.78 bits per heavy atom. The minimum atomic E-state index is -3.92. The third-order valence-electron chi connectivity index (χ3n) is 5.50. The summed E-state index contributed by atoms with van der Waals surface area (Å²) in [6.45, 7) is 11.0. The first kappa shape index (κ1) is 29.3. The Morgan fingerprint density at radius 1 is 1.07 bits per heavy atom. The highest BCUT2D eigenvalue weighted by Gasteiger charge is 2.22. The predicted octanol–water partition coefficient (Wildman–Crippen LogP) is 5.93. The zero-order valence-corrected chi connectivity index (χ0v) is 23.9. The van der Waals surface area contributed by atoms with Gasteiger partial charge in [0.15, 0.2) is 16.5 Å². The lowest BCUT2D eigenvalue weighted by atomic mass is 10.0. The molecule has 3 aromatic carbocycles. The van der Waals surface area contributed by atoms with Gasteiger partial charge in [-0.3, -0.25) is 4.79 Å². The highest BCUT2D eigenvalue weighted by atomic mass is 32.2. The second-order valence-corrected chi connectivity index (χ2v) is 12.0. The van der Waals surface area contributed by atoms with Crippen LogP contribution in [0.25, 0.3) is 10.8 Å². The lowest BCUT2D eigenvalue weighted by molar-refractivity contribution is 0.0917. The lowest BCUT2D eigenvalue weighted by Crippen LogP contribution is -2.40. The van der Waals surface area contributed by atoms with Crippen LogP contribution in [0.3, 0.4) is 0 Å². The highest BCUT2D eigenvalue weighted by Crippen LogP contribution is 2.40. The van der Waals surface area contributed by atoms with Crippen molar-refractivity contribution in [2.45, 2.75) is 38.3 Å². The van der Waals surface area contributed by atoms with Crippen LogP contribution in [0.5, 0.6) is 17.5 Å². The maximum absolute atomic E-state index is 13.0. The number of para-hydroxylation sites is 1. The number of nitrogens with zero attached hydrogens (tertiary/aromatic N) is 4. The number of phenolic OH excluding ortho intramolecular Hbond substituents is 1. The monoisotopic (exact) mass is 574 g/mol. The van der Waals surface area contributed by atoms with Crippen molar-refractivity contribution in [1.82, 2.24) is 20.0 Å². The predicted molar refractivity (Wildman–Crippen MR) is 156 cm³/mol. The molecule has 3 N–H and O–H groups in total. The first-order valence-electron chi connectivity index (χ1n) is 12.6. The molecule has 0 saturated carbocycles. The minimum absolute atomic E-state index is 0.0591. The zero-order valence-electron chi connectivity index (χ0n) is 23.0. The summed E-state index contributed by atoms with van der Waals surface area (Å²) in [7, 11) is -3.92. The summed E-state index contributed by atoms with van der Waals surface area (Å²) in [6, 6.07) is 16.4. The molecule has 1 amide bonds. The first-order chi connectivity index (χ1) is 19.3. The average Bonchev–Trinajstić information content (AvgIpc) is 2.91. The fourth-order valence-corrected chi connectivity index (χ4v) is 4.67. The van der Waals surface area contributed by atoms with Gasteiger partial charge in [0.1, 0.15) is 11.4 Å². The van der Waals surface area contributed by atoms with E-state index in [1.165, 1.54) is 12.3 Å². The number of rotatable bonds is 9. The number of carbonyl (C=O) groups excluding carboxylic acids is 1. The topological polar surface area (TPSA) is 155 Å². The van der Waals surface area contributed by atoms with E-state index in [0.717, 1.165) is 0 Å². The first-order valence-corrected chi connectivity index (χ1v) is 14.1. The molecule has 0 spiro atoms. The Balaban J connectivity index is 1.69. The molecule has 4 rings (SSSR count). The number of nitrogens with one attached hydrogen (secondary N) is 2. The van der Waals surface area contributed by atoms with E-state index in [-0.39, 0.29) is 46.0 Å². The number of aromatic nitrogens is 2. The molecule has 1 heterocycles. The number of sulfonamides is 1. The van der Waals surface area contributed by atoms with Crippen molar-refractivity contribution < 1.29 is 23.1 Å². The van der Waals surface area contributed by atoms with E-state index in [2.05, 4.69) is 36.8 Å². The molecule has 0 aliphatic carbocycles. The van der Waals surface area contributed by atoms with Crippen molar-refractivity contribution in [3.8, 4) is 17.5 Å². The van der Waals surface area contributed by atoms with E-state index in [1.807, 2.05) is 32.9 Å². The molecular formula is C29H30N6O5S. The summed E-state index contributed by atoms with van der Waals surface area (Å²) in [5.74, 6) is -0.590. The van der Waals surface area contributed by atoms with Gasteiger partial charge in [-0.25, -0.2) is 18.1 Å². The number of azo groups is 1. The molecule has 0 bridgehead atoms. The van der Waals surface area contributed by atoms with Crippen LogP contribution in [0.4, 0.5) is 11.4 Å². The summed E-state index contributed by atoms with van der Waals surface area (Å²) < 4.78 is 33.3. The van der Waals surface area contributed by atoms with Crippen molar-refractivity contribution >= 4 is 38.1 Å². The lowest BCUT2D eigenvalue weighted by Gasteiger charge is -2.21. The van der Waals surface area contributed by atoms with Crippen LogP contribution in [0.1, 0.15) is 38.1 Å². The molecule has 41 heavy (non-hydrogen) atoms. The van der Waals surface area contributed by atoms with E-state index in [1.54, 1.807) is 49.4 Å². The van der Waals surface area contributed by atoms with Crippen LogP contribution in [0.2, 0.25) is 0 Å². The van der Waals surface area contributed by atoms with E-state index < -0.39 is 21.5 Å². The van der Waals surface area contributed by atoms with Gasteiger partial charge in [0.2, 0.25) is 0 Å². The molecule has 0 aliphatic heterocycles. The second kappa shape index (κ2) is 11.8. The Hall–Kier alpha value is -4.68. The summed E-state index contributed by atoms with van der Waals surface area (Å²) in [5.41, 5.74) is 0.524. The fourth-order valence-electron chi connectivity index (χ4n) is 3.64. The van der Waals surface area contributed by atoms with E-state index in [0.29, 0.717) is 16.3 Å². The number of benzene rings is 3. The number of amides is 1. The molecule has 212 valence electrons. The number of carbonyl (C=O) groups is 1. The van der Waals surface area contributed by atoms with E-state index in [9.17, 15) is 18.3 Å². The average molecular weight is 575 g/mol. The fraction of sp³-hybridized carbons (Fsp3) is 0.207. The molecule has 0 unspecified atom stereocenters. The van der Waals surface area contributed by atoms with Gasteiger partial charge < -0.3 is 15.2 Å². The quantitative estimate of drug-likeness (QED) is 0.127. The molecule has 0 radical (unpaired) electrons. The highest BCUT2D eigenvalue weighted by molar-refractivity contribution is 7.89. The van der Waals surface area contributed by atoms with Gasteiger partial charge in [-0.15, -0.1) is 10.2 Å². The number of hydrogen-bond acceptors (Lipinski definition) is 9. The molecule has 11 nitrogen and oxygen atoms in total.